The van der Waals surface area contributed by atoms with Crippen molar-refractivity contribution in [3.8, 4) is 0 Å². The lowest BCUT2D eigenvalue weighted by molar-refractivity contribution is -0.177. The third-order valence-corrected chi connectivity index (χ3v) is 11.7. The maximum absolute atomic E-state index is 13.9. The molecule has 0 spiro atoms. The summed E-state index contributed by atoms with van der Waals surface area (Å²) in [6.45, 7) is 18.2. The summed E-state index contributed by atoms with van der Waals surface area (Å²) in [5.41, 5.74) is 1.31. The number of rotatable bonds is 7. The molecule has 212 valence electrons. The molecule has 0 aromatic carbocycles. The topological polar surface area (TPSA) is 101 Å². The lowest BCUT2D eigenvalue weighted by Crippen LogP contribution is -2.59. The van der Waals surface area contributed by atoms with E-state index in [2.05, 4.69) is 41.2 Å². The molecule has 6 nitrogen and oxygen atoms in total. The smallest absolute Gasteiger partial charge is 0.312 e. The maximum Gasteiger partial charge on any atom is 0.312 e. The maximum atomic E-state index is 13.9. The standard InChI is InChI=1S/C32H48O6/c1-17(2)18(3)9-10-19(4)22-15-24(34)28-21-11-12-25-30(6,14-13-26(35)32(25,8)29(36)37)23(21)16-27(31(22,28)7)38-20(5)33/h17,19,22,25-28,35H,3,9-16H2,1-2,4-8H3,(H,36,37). The van der Waals surface area contributed by atoms with Crippen molar-refractivity contribution in [3.05, 3.63) is 23.3 Å². The number of carbonyl (C=O) groups is 3. The van der Waals surface area contributed by atoms with Gasteiger partial charge < -0.3 is 14.9 Å². The number of aliphatic hydroxyl groups is 1. The molecule has 4 aliphatic carbocycles. The zero-order valence-electron chi connectivity index (χ0n) is 24.4. The van der Waals surface area contributed by atoms with Crippen LogP contribution in [0, 0.1) is 45.8 Å². The van der Waals surface area contributed by atoms with Crippen LogP contribution in [0.4, 0.5) is 0 Å². The fraction of sp³-hybridized carbons (Fsp3) is 0.781. The molecule has 4 rings (SSSR count). The summed E-state index contributed by atoms with van der Waals surface area (Å²) < 4.78 is 6.09. The van der Waals surface area contributed by atoms with E-state index in [0.29, 0.717) is 44.4 Å². The first kappa shape index (κ1) is 29.0. The van der Waals surface area contributed by atoms with E-state index < -0.39 is 34.4 Å². The molecule has 6 heteroatoms. The SMILES string of the molecule is C=C(CCC(C)C1CC(=O)C2C3=C(CC(OC(C)=O)C21C)C1(C)CCC(O)C(C)(C(=O)O)C1CC3)C(C)C. The quantitative estimate of drug-likeness (QED) is 0.305. The Balaban J connectivity index is 1.77. The van der Waals surface area contributed by atoms with Crippen LogP contribution in [0.15, 0.2) is 23.3 Å². The van der Waals surface area contributed by atoms with Crippen LogP contribution in [0.25, 0.3) is 0 Å². The van der Waals surface area contributed by atoms with Gasteiger partial charge in [-0.25, -0.2) is 0 Å². The van der Waals surface area contributed by atoms with E-state index in [1.54, 1.807) is 6.92 Å². The number of carboxylic acids is 1. The first-order valence-electron chi connectivity index (χ1n) is 14.6. The molecule has 0 radical (unpaired) electrons. The van der Waals surface area contributed by atoms with Crippen molar-refractivity contribution < 1.29 is 29.3 Å². The van der Waals surface area contributed by atoms with Crippen LogP contribution in [-0.4, -0.2) is 40.1 Å². The molecule has 0 aromatic rings. The number of esters is 1. The van der Waals surface area contributed by atoms with Crippen molar-refractivity contribution in [1.82, 2.24) is 0 Å². The number of aliphatic carboxylic acids is 1. The van der Waals surface area contributed by atoms with Gasteiger partial charge in [0.15, 0.2) is 0 Å². The van der Waals surface area contributed by atoms with Crippen LogP contribution in [0.1, 0.15) is 99.8 Å². The molecule has 0 aliphatic heterocycles. The van der Waals surface area contributed by atoms with Crippen LogP contribution in [0.2, 0.25) is 0 Å². The van der Waals surface area contributed by atoms with Gasteiger partial charge in [-0.15, -0.1) is 0 Å². The third-order valence-electron chi connectivity index (χ3n) is 11.7. The summed E-state index contributed by atoms with van der Waals surface area (Å²) in [7, 11) is 0. The number of Topliss-reactive ketones (excluding diaryl/α,β-unsaturated/α-hetero) is 1. The average molecular weight is 529 g/mol. The molecular formula is C32H48O6. The lowest BCUT2D eigenvalue weighted by atomic mass is 9.45. The van der Waals surface area contributed by atoms with Crippen molar-refractivity contribution in [2.45, 2.75) is 112 Å². The number of hydrogen-bond acceptors (Lipinski definition) is 5. The number of ether oxygens (including phenoxy) is 1. The van der Waals surface area contributed by atoms with E-state index in [1.165, 1.54) is 18.1 Å². The molecule has 38 heavy (non-hydrogen) atoms. The van der Waals surface area contributed by atoms with E-state index in [0.717, 1.165) is 18.4 Å². The van der Waals surface area contributed by atoms with Crippen LogP contribution in [0.5, 0.6) is 0 Å². The van der Waals surface area contributed by atoms with E-state index in [-0.39, 0.29) is 35.4 Å². The Labute approximate surface area is 228 Å². The zero-order chi connectivity index (χ0) is 28.4. The number of ketones is 1. The fourth-order valence-corrected chi connectivity index (χ4v) is 9.18. The number of fused-ring (bicyclic) bond motifs is 4. The van der Waals surface area contributed by atoms with Gasteiger partial charge in [0.1, 0.15) is 11.9 Å². The van der Waals surface area contributed by atoms with Crippen molar-refractivity contribution in [1.29, 1.82) is 0 Å². The van der Waals surface area contributed by atoms with Crippen LogP contribution in [-0.2, 0) is 19.1 Å². The molecule has 2 saturated carbocycles. The lowest BCUT2D eigenvalue weighted by Gasteiger charge is -2.60. The van der Waals surface area contributed by atoms with Gasteiger partial charge in [0.2, 0.25) is 0 Å². The number of carboxylic acid groups (broad SMARTS) is 1. The Hall–Kier alpha value is -1.95. The van der Waals surface area contributed by atoms with E-state index in [1.807, 2.05) is 0 Å². The molecule has 0 saturated heterocycles. The van der Waals surface area contributed by atoms with Gasteiger partial charge in [0, 0.05) is 31.1 Å². The van der Waals surface area contributed by atoms with Crippen molar-refractivity contribution in [2.24, 2.45) is 45.8 Å². The summed E-state index contributed by atoms with van der Waals surface area (Å²) >= 11 is 0. The second kappa shape index (κ2) is 9.91. The largest absolute Gasteiger partial charge is 0.481 e. The van der Waals surface area contributed by atoms with Crippen molar-refractivity contribution in [3.63, 3.8) is 0 Å². The van der Waals surface area contributed by atoms with Gasteiger partial charge in [-0.1, -0.05) is 57.9 Å². The van der Waals surface area contributed by atoms with Gasteiger partial charge in [0.05, 0.1) is 11.5 Å². The van der Waals surface area contributed by atoms with Crippen molar-refractivity contribution >= 4 is 17.7 Å². The molecule has 2 N–H and O–H groups in total. The Kier molecular flexibility index (Phi) is 7.57. The summed E-state index contributed by atoms with van der Waals surface area (Å²) in [5, 5.41) is 21.1. The molecule has 0 bridgehead atoms. The zero-order valence-corrected chi connectivity index (χ0v) is 24.4. The Morgan fingerprint density at radius 1 is 1.13 bits per heavy atom. The molecule has 9 unspecified atom stereocenters. The average Bonchev–Trinajstić information content (AvgIpc) is 3.11. The van der Waals surface area contributed by atoms with Crippen LogP contribution >= 0.6 is 0 Å². The van der Waals surface area contributed by atoms with Crippen LogP contribution < -0.4 is 0 Å². The van der Waals surface area contributed by atoms with Crippen LogP contribution in [0.3, 0.4) is 0 Å². The van der Waals surface area contributed by atoms with Crippen molar-refractivity contribution in [2.75, 3.05) is 0 Å². The molecular weight excluding hydrogens is 480 g/mol. The van der Waals surface area contributed by atoms with Gasteiger partial charge >= 0.3 is 11.9 Å². The molecule has 0 heterocycles. The highest BCUT2D eigenvalue weighted by Crippen LogP contribution is 2.68. The highest BCUT2D eigenvalue weighted by molar-refractivity contribution is 5.88. The summed E-state index contributed by atoms with van der Waals surface area (Å²) in [6, 6.07) is 0. The Bertz CT molecular complexity index is 1060. The normalized spacial score (nSPS) is 41.3. The minimum Gasteiger partial charge on any atom is -0.481 e. The second-order valence-electron chi connectivity index (χ2n) is 13.9. The van der Waals surface area contributed by atoms with Gasteiger partial charge in [-0.2, -0.15) is 0 Å². The summed E-state index contributed by atoms with van der Waals surface area (Å²) in [4.78, 5) is 38.8. The first-order valence-corrected chi connectivity index (χ1v) is 14.6. The summed E-state index contributed by atoms with van der Waals surface area (Å²) in [5.74, 6) is -0.828. The van der Waals surface area contributed by atoms with Gasteiger partial charge in [0.25, 0.3) is 0 Å². The Morgan fingerprint density at radius 3 is 2.37 bits per heavy atom. The van der Waals surface area contributed by atoms with E-state index in [9.17, 15) is 24.6 Å². The minimum absolute atomic E-state index is 0.0985. The summed E-state index contributed by atoms with van der Waals surface area (Å²) in [6.07, 6.45) is 3.93. The highest BCUT2D eigenvalue weighted by atomic mass is 16.5. The molecule has 0 aromatic heterocycles. The molecule has 0 amide bonds. The van der Waals surface area contributed by atoms with Gasteiger partial charge in [-0.3, -0.25) is 14.4 Å². The first-order chi connectivity index (χ1) is 17.6. The molecule has 9 atom stereocenters. The minimum atomic E-state index is -1.25. The number of hydrogen-bond donors (Lipinski definition) is 2. The fourth-order valence-electron chi connectivity index (χ4n) is 9.18. The third kappa shape index (κ3) is 4.20. The highest BCUT2D eigenvalue weighted by Gasteiger charge is 2.66. The predicted octanol–water partition coefficient (Wildman–Crippen LogP) is 6.12. The number of carbonyl (C=O) groups excluding carboxylic acids is 2. The molecule has 4 aliphatic rings. The number of allylic oxidation sites excluding steroid dienone is 2. The number of aliphatic hydroxyl groups excluding tert-OH is 1. The monoisotopic (exact) mass is 528 g/mol. The van der Waals surface area contributed by atoms with E-state index >= 15 is 0 Å². The second-order valence-corrected chi connectivity index (χ2v) is 13.9. The van der Waals surface area contributed by atoms with Gasteiger partial charge in [-0.05, 0) is 74.5 Å². The van der Waals surface area contributed by atoms with E-state index in [4.69, 9.17) is 4.74 Å². The Morgan fingerprint density at radius 2 is 1.79 bits per heavy atom. The predicted molar refractivity (Wildman–Crippen MR) is 146 cm³/mol. The molecule has 2 fully saturated rings.